The van der Waals surface area contributed by atoms with Crippen LogP contribution < -0.4 is 14.7 Å². The summed E-state index contributed by atoms with van der Waals surface area (Å²) in [4.78, 5) is 12.1. The van der Waals surface area contributed by atoms with E-state index in [1.807, 2.05) is 0 Å². The summed E-state index contributed by atoms with van der Waals surface area (Å²) in [6, 6.07) is 54.9. The van der Waals surface area contributed by atoms with Crippen LogP contribution in [-0.4, -0.2) is 11.8 Å². The van der Waals surface area contributed by atoms with Crippen LogP contribution in [0.2, 0.25) is 0 Å². The summed E-state index contributed by atoms with van der Waals surface area (Å²) in [6.45, 7) is 4.30. The first-order valence-electron chi connectivity index (χ1n) is 19.0. The lowest BCUT2D eigenvalue weighted by Gasteiger charge is -2.33. The van der Waals surface area contributed by atoms with E-state index in [0.29, 0.717) is 0 Å². The summed E-state index contributed by atoms with van der Waals surface area (Å²) in [5.74, 6) is 0. The Labute approximate surface area is 320 Å². The van der Waals surface area contributed by atoms with Gasteiger partial charge in [0, 0.05) is 51.2 Å². The first-order chi connectivity index (χ1) is 26.6. The van der Waals surface area contributed by atoms with Gasteiger partial charge in [-0.2, -0.15) is 0 Å². The van der Waals surface area contributed by atoms with Crippen LogP contribution in [-0.2, 0) is 0 Å². The zero-order valence-corrected chi connectivity index (χ0v) is 31.1. The van der Waals surface area contributed by atoms with Crippen molar-refractivity contribution in [3.63, 3.8) is 0 Å². The Morgan fingerprint density at radius 2 is 1.04 bits per heavy atom. The van der Waals surface area contributed by atoms with Gasteiger partial charge in [-0.05, 0) is 166 Å². The largest absolute Gasteiger partial charge is 0.334 e. The van der Waals surface area contributed by atoms with Gasteiger partial charge < -0.3 is 14.7 Å². The molecule has 54 heavy (non-hydrogen) atoms. The number of hydrogen-bond acceptors (Lipinski definition) is 4. The summed E-state index contributed by atoms with van der Waals surface area (Å²) in [5.41, 5.74) is 13.6. The van der Waals surface area contributed by atoms with Gasteiger partial charge in [0.2, 0.25) is 0 Å². The Balaban J connectivity index is 1.18. The van der Waals surface area contributed by atoms with Crippen LogP contribution in [0, 0.1) is 13.8 Å². The van der Waals surface area contributed by atoms with E-state index in [2.05, 4.69) is 217 Å². The first kappa shape index (κ1) is 34.7. The predicted molar refractivity (Wildman–Crippen MR) is 231 cm³/mol. The minimum Gasteiger partial charge on any atom is -0.334 e. The molecule has 0 saturated heterocycles. The SMILES string of the molecule is Cc1cccc(N(c2ccccc2)c2ccc(N(c3ccc(N=C4C=CCCC4)cc3)c3ccc(N(c4cccc(C)c4)C4C=CC=CC4)cc3)cc2)c1. The summed E-state index contributed by atoms with van der Waals surface area (Å²) >= 11 is 0. The van der Waals surface area contributed by atoms with Crippen molar-refractivity contribution >= 4 is 56.9 Å². The maximum Gasteiger partial charge on any atom is 0.0634 e. The summed E-state index contributed by atoms with van der Waals surface area (Å²) in [7, 11) is 0. The van der Waals surface area contributed by atoms with Crippen LogP contribution in [0.5, 0.6) is 0 Å². The molecule has 0 aromatic heterocycles. The van der Waals surface area contributed by atoms with Gasteiger partial charge >= 0.3 is 0 Å². The molecule has 1 atom stereocenters. The molecule has 266 valence electrons. The highest BCUT2D eigenvalue weighted by Crippen LogP contribution is 2.41. The molecule has 0 N–H and O–H groups in total. The lowest BCUT2D eigenvalue weighted by molar-refractivity contribution is 0.785. The van der Waals surface area contributed by atoms with Crippen LogP contribution in [0.1, 0.15) is 36.8 Å². The van der Waals surface area contributed by atoms with Crippen LogP contribution in [0.25, 0.3) is 0 Å². The molecule has 0 heterocycles. The van der Waals surface area contributed by atoms with E-state index in [1.54, 1.807) is 0 Å². The quantitative estimate of drug-likeness (QED) is 0.142. The highest BCUT2D eigenvalue weighted by molar-refractivity contribution is 5.97. The summed E-state index contributed by atoms with van der Waals surface area (Å²) < 4.78 is 0. The van der Waals surface area contributed by atoms with Crippen molar-refractivity contribution < 1.29 is 0 Å². The van der Waals surface area contributed by atoms with E-state index < -0.39 is 0 Å². The number of rotatable bonds is 10. The third-order valence-corrected chi connectivity index (χ3v) is 10.1. The fourth-order valence-electron chi connectivity index (χ4n) is 7.46. The number of hydrogen-bond donors (Lipinski definition) is 0. The van der Waals surface area contributed by atoms with Crippen molar-refractivity contribution in [1.82, 2.24) is 0 Å². The Hall–Kier alpha value is -6.39. The predicted octanol–water partition coefficient (Wildman–Crippen LogP) is 14.1. The van der Waals surface area contributed by atoms with Gasteiger partial charge in [-0.1, -0.05) is 72.8 Å². The molecule has 0 fully saturated rings. The second kappa shape index (κ2) is 16.1. The van der Waals surface area contributed by atoms with E-state index in [4.69, 9.17) is 4.99 Å². The lowest BCUT2D eigenvalue weighted by Crippen LogP contribution is -2.29. The lowest BCUT2D eigenvalue weighted by atomic mass is 10.0. The average molecular weight is 703 g/mol. The average Bonchev–Trinajstić information content (AvgIpc) is 3.21. The Morgan fingerprint density at radius 1 is 0.500 bits per heavy atom. The van der Waals surface area contributed by atoms with Crippen LogP contribution in [0.4, 0.5) is 51.2 Å². The van der Waals surface area contributed by atoms with Crippen LogP contribution in [0.15, 0.2) is 193 Å². The summed E-state index contributed by atoms with van der Waals surface area (Å²) in [5, 5.41) is 0. The smallest absolute Gasteiger partial charge is 0.0634 e. The molecular formula is C50H46N4. The van der Waals surface area contributed by atoms with Crippen LogP contribution in [0.3, 0.4) is 0 Å². The molecule has 4 heteroatoms. The molecule has 8 rings (SSSR count). The molecule has 0 amide bonds. The number of aliphatic imine (C=N–C) groups is 1. The topological polar surface area (TPSA) is 22.1 Å². The van der Waals surface area contributed by atoms with Crippen molar-refractivity contribution in [2.45, 2.75) is 45.6 Å². The second-order valence-electron chi connectivity index (χ2n) is 14.1. The third kappa shape index (κ3) is 7.84. The fourth-order valence-corrected chi connectivity index (χ4v) is 7.46. The highest BCUT2D eigenvalue weighted by Gasteiger charge is 2.21. The molecule has 0 aliphatic heterocycles. The minimum absolute atomic E-state index is 0.237. The van der Waals surface area contributed by atoms with E-state index >= 15 is 0 Å². The number of benzene rings is 6. The molecule has 0 spiro atoms. The molecule has 0 bridgehead atoms. The molecule has 6 aromatic carbocycles. The molecule has 0 radical (unpaired) electrons. The zero-order chi connectivity index (χ0) is 36.7. The van der Waals surface area contributed by atoms with Crippen molar-refractivity contribution in [2.24, 2.45) is 4.99 Å². The molecule has 4 nitrogen and oxygen atoms in total. The monoisotopic (exact) mass is 702 g/mol. The maximum absolute atomic E-state index is 4.96. The standard InChI is InChI=1S/C50H46N4/c1-38-14-12-22-49(36-38)53(42-18-8-4-9-19-42)47-32-28-45(29-33-47)52(44-26-24-41(25-27-44)51-40-16-6-3-7-17-40)46-30-34-48(35-31-46)54(43-20-10-5-11-21-43)50-23-13-15-39(2)37-50/h4-6,8-16,18-20,22-37,43H,3,7,17,21H2,1-2H3. The fraction of sp³-hybridized carbons (Fsp3) is 0.140. The summed E-state index contributed by atoms with van der Waals surface area (Å²) in [6.07, 6.45) is 17.5. The highest BCUT2D eigenvalue weighted by atomic mass is 15.2. The van der Waals surface area contributed by atoms with Crippen molar-refractivity contribution in [1.29, 1.82) is 0 Å². The Morgan fingerprint density at radius 3 is 1.61 bits per heavy atom. The van der Waals surface area contributed by atoms with E-state index in [-0.39, 0.29) is 6.04 Å². The number of allylic oxidation sites excluding steroid dienone is 4. The molecule has 1 unspecified atom stereocenters. The molecule has 2 aliphatic rings. The van der Waals surface area contributed by atoms with Gasteiger partial charge in [0.1, 0.15) is 0 Å². The molecule has 0 saturated carbocycles. The second-order valence-corrected chi connectivity index (χ2v) is 14.1. The molecule has 6 aromatic rings. The van der Waals surface area contributed by atoms with Gasteiger partial charge in [-0.3, -0.25) is 4.99 Å². The van der Waals surface area contributed by atoms with Gasteiger partial charge in [0.05, 0.1) is 11.7 Å². The number of aryl methyl sites for hydroxylation is 2. The van der Waals surface area contributed by atoms with E-state index in [9.17, 15) is 0 Å². The third-order valence-electron chi connectivity index (χ3n) is 10.1. The molecule has 2 aliphatic carbocycles. The zero-order valence-electron chi connectivity index (χ0n) is 31.1. The van der Waals surface area contributed by atoms with Crippen molar-refractivity contribution in [3.05, 3.63) is 199 Å². The first-order valence-corrected chi connectivity index (χ1v) is 19.0. The van der Waals surface area contributed by atoms with Gasteiger partial charge in [0.25, 0.3) is 0 Å². The maximum atomic E-state index is 4.96. The Kier molecular flexibility index (Phi) is 10.3. The van der Waals surface area contributed by atoms with E-state index in [0.717, 1.165) is 76.9 Å². The normalized spacial score (nSPS) is 15.7. The van der Waals surface area contributed by atoms with E-state index in [1.165, 1.54) is 16.8 Å². The minimum atomic E-state index is 0.237. The van der Waals surface area contributed by atoms with Crippen molar-refractivity contribution in [2.75, 3.05) is 14.7 Å². The van der Waals surface area contributed by atoms with Crippen molar-refractivity contribution in [3.8, 4) is 0 Å². The number of anilines is 8. The molecular weight excluding hydrogens is 657 g/mol. The van der Waals surface area contributed by atoms with Crippen LogP contribution >= 0.6 is 0 Å². The van der Waals surface area contributed by atoms with Gasteiger partial charge in [-0.25, -0.2) is 0 Å². The number of nitrogens with zero attached hydrogens (tertiary/aromatic N) is 4. The Bertz CT molecular complexity index is 2300. The number of para-hydroxylation sites is 1. The van der Waals surface area contributed by atoms with Gasteiger partial charge in [-0.15, -0.1) is 0 Å². The van der Waals surface area contributed by atoms with Gasteiger partial charge in [0.15, 0.2) is 0 Å².